The molecule has 6 nitrogen and oxygen atoms in total. The van der Waals surface area contributed by atoms with Gasteiger partial charge in [0.05, 0.1) is 0 Å². The van der Waals surface area contributed by atoms with E-state index in [-0.39, 0.29) is 0 Å². The fourth-order valence-electron chi connectivity index (χ4n) is 2.47. The third-order valence-corrected chi connectivity index (χ3v) is 3.98. The van der Waals surface area contributed by atoms with Crippen LogP contribution in [0.4, 0.5) is 0 Å². The van der Waals surface area contributed by atoms with Crippen LogP contribution in [0, 0.1) is 6.92 Å². The van der Waals surface area contributed by atoms with Crippen molar-refractivity contribution in [1.29, 1.82) is 0 Å². The molecule has 1 aromatic carbocycles. The Kier molecular flexibility index (Phi) is 7.71. The van der Waals surface area contributed by atoms with Crippen LogP contribution in [0.15, 0.2) is 24.3 Å². The molecule has 2 N–H and O–H groups in total. The highest BCUT2D eigenvalue weighted by Crippen LogP contribution is 2.13. The number of aryl methyl sites for hydroxylation is 1. The SMILES string of the molecule is Cc1ccccc1CN1CCN(C(C)C)CC1.O=C(O)C(=O)O. The van der Waals surface area contributed by atoms with Crippen LogP contribution in [0.1, 0.15) is 25.0 Å². The molecule has 23 heavy (non-hydrogen) atoms. The Hall–Kier alpha value is -1.92. The highest BCUT2D eigenvalue weighted by Gasteiger charge is 2.18. The molecule has 1 aliphatic rings. The van der Waals surface area contributed by atoms with Crippen molar-refractivity contribution in [2.75, 3.05) is 26.2 Å². The van der Waals surface area contributed by atoms with E-state index in [0.29, 0.717) is 6.04 Å². The highest BCUT2D eigenvalue weighted by atomic mass is 16.4. The molecule has 6 heteroatoms. The Morgan fingerprint density at radius 2 is 1.57 bits per heavy atom. The maximum atomic E-state index is 9.10. The van der Waals surface area contributed by atoms with Gasteiger partial charge in [0.2, 0.25) is 0 Å². The standard InChI is InChI=1S/C15H24N2.C2H2O4/c1-13(2)17-10-8-16(9-11-17)12-15-7-5-4-6-14(15)3;3-1(4)2(5)6/h4-7,13H,8-12H2,1-3H3;(H,3,4)(H,5,6). The minimum atomic E-state index is -1.82. The van der Waals surface area contributed by atoms with Gasteiger partial charge in [-0.05, 0) is 31.9 Å². The zero-order chi connectivity index (χ0) is 17.4. The van der Waals surface area contributed by atoms with Gasteiger partial charge in [0, 0.05) is 38.8 Å². The summed E-state index contributed by atoms with van der Waals surface area (Å²) in [5.74, 6) is -3.65. The van der Waals surface area contributed by atoms with E-state index in [2.05, 4.69) is 54.8 Å². The minimum absolute atomic E-state index is 0.690. The van der Waals surface area contributed by atoms with Gasteiger partial charge >= 0.3 is 11.9 Å². The molecule has 0 radical (unpaired) electrons. The predicted octanol–water partition coefficient (Wildman–Crippen LogP) is 1.68. The average Bonchev–Trinajstić information content (AvgIpc) is 2.50. The lowest BCUT2D eigenvalue weighted by molar-refractivity contribution is -0.159. The number of hydrogen-bond acceptors (Lipinski definition) is 4. The molecule has 1 aromatic rings. The molecule has 0 spiro atoms. The largest absolute Gasteiger partial charge is 0.473 e. The van der Waals surface area contributed by atoms with E-state index >= 15 is 0 Å². The molecule has 0 saturated carbocycles. The summed E-state index contributed by atoms with van der Waals surface area (Å²) in [4.78, 5) is 23.3. The Morgan fingerprint density at radius 3 is 2.00 bits per heavy atom. The Morgan fingerprint density at radius 1 is 1.04 bits per heavy atom. The van der Waals surface area contributed by atoms with Crippen molar-refractivity contribution >= 4 is 11.9 Å². The number of hydrogen-bond donors (Lipinski definition) is 2. The van der Waals surface area contributed by atoms with Crippen molar-refractivity contribution in [3.05, 3.63) is 35.4 Å². The summed E-state index contributed by atoms with van der Waals surface area (Å²) in [6.07, 6.45) is 0. The summed E-state index contributed by atoms with van der Waals surface area (Å²) in [5, 5.41) is 14.8. The van der Waals surface area contributed by atoms with E-state index in [0.717, 1.165) is 6.54 Å². The zero-order valence-corrected chi connectivity index (χ0v) is 14.0. The number of piperazine rings is 1. The molecule has 0 bridgehead atoms. The van der Waals surface area contributed by atoms with Crippen molar-refractivity contribution in [2.24, 2.45) is 0 Å². The van der Waals surface area contributed by atoms with Crippen molar-refractivity contribution in [3.63, 3.8) is 0 Å². The molecule has 0 unspecified atom stereocenters. The van der Waals surface area contributed by atoms with Gasteiger partial charge in [-0.3, -0.25) is 9.80 Å². The van der Waals surface area contributed by atoms with Crippen molar-refractivity contribution in [2.45, 2.75) is 33.4 Å². The van der Waals surface area contributed by atoms with Gasteiger partial charge in [0.25, 0.3) is 0 Å². The van der Waals surface area contributed by atoms with Crippen LogP contribution in [0.25, 0.3) is 0 Å². The van der Waals surface area contributed by atoms with E-state index in [9.17, 15) is 0 Å². The van der Waals surface area contributed by atoms with Gasteiger partial charge in [-0.25, -0.2) is 9.59 Å². The number of carboxylic acids is 2. The topological polar surface area (TPSA) is 81.1 Å². The monoisotopic (exact) mass is 322 g/mol. The number of rotatable bonds is 3. The second-order valence-corrected chi connectivity index (χ2v) is 5.94. The van der Waals surface area contributed by atoms with Crippen molar-refractivity contribution in [3.8, 4) is 0 Å². The molecule has 1 heterocycles. The Balaban J connectivity index is 0.000000379. The third-order valence-electron chi connectivity index (χ3n) is 3.98. The van der Waals surface area contributed by atoms with Crippen molar-refractivity contribution in [1.82, 2.24) is 9.80 Å². The van der Waals surface area contributed by atoms with Crippen LogP contribution in [-0.2, 0) is 16.1 Å². The highest BCUT2D eigenvalue weighted by molar-refractivity contribution is 6.27. The number of carbonyl (C=O) groups is 2. The summed E-state index contributed by atoms with van der Waals surface area (Å²) in [6, 6.07) is 9.42. The molecule has 0 aliphatic carbocycles. The summed E-state index contributed by atoms with van der Waals surface area (Å²) in [5.41, 5.74) is 2.89. The molecule has 0 amide bonds. The van der Waals surface area contributed by atoms with Crippen LogP contribution < -0.4 is 0 Å². The van der Waals surface area contributed by atoms with E-state index < -0.39 is 11.9 Å². The molecule has 0 aromatic heterocycles. The predicted molar refractivity (Wildman–Crippen MR) is 88.4 cm³/mol. The van der Waals surface area contributed by atoms with Gasteiger partial charge < -0.3 is 10.2 Å². The smallest absolute Gasteiger partial charge is 0.414 e. The van der Waals surface area contributed by atoms with E-state index in [1.54, 1.807) is 0 Å². The number of nitrogens with zero attached hydrogens (tertiary/aromatic N) is 2. The van der Waals surface area contributed by atoms with Crippen LogP contribution in [0.2, 0.25) is 0 Å². The molecule has 1 aliphatic heterocycles. The molecule has 128 valence electrons. The summed E-state index contributed by atoms with van der Waals surface area (Å²) in [7, 11) is 0. The normalized spacial score (nSPS) is 15.8. The average molecular weight is 322 g/mol. The summed E-state index contributed by atoms with van der Waals surface area (Å²) >= 11 is 0. The Bertz CT molecular complexity index is 511. The van der Waals surface area contributed by atoms with Crippen LogP contribution in [0.5, 0.6) is 0 Å². The van der Waals surface area contributed by atoms with Crippen LogP contribution >= 0.6 is 0 Å². The summed E-state index contributed by atoms with van der Waals surface area (Å²) in [6.45, 7) is 12.7. The fraction of sp³-hybridized carbons (Fsp3) is 0.529. The lowest BCUT2D eigenvalue weighted by Gasteiger charge is -2.37. The lowest BCUT2D eigenvalue weighted by Crippen LogP contribution is -2.48. The summed E-state index contributed by atoms with van der Waals surface area (Å²) < 4.78 is 0. The number of benzene rings is 1. The lowest BCUT2D eigenvalue weighted by atomic mass is 10.1. The van der Waals surface area contributed by atoms with Gasteiger partial charge in [0.1, 0.15) is 0 Å². The van der Waals surface area contributed by atoms with Gasteiger partial charge in [0.15, 0.2) is 0 Å². The molecule has 0 atom stereocenters. The first-order valence-electron chi connectivity index (χ1n) is 7.78. The van der Waals surface area contributed by atoms with Crippen LogP contribution in [0.3, 0.4) is 0 Å². The van der Waals surface area contributed by atoms with Gasteiger partial charge in [-0.1, -0.05) is 24.3 Å². The first kappa shape index (κ1) is 19.1. The van der Waals surface area contributed by atoms with E-state index in [4.69, 9.17) is 19.8 Å². The van der Waals surface area contributed by atoms with E-state index in [1.807, 2.05) is 0 Å². The van der Waals surface area contributed by atoms with Gasteiger partial charge in [-0.15, -0.1) is 0 Å². The van der Waals surface area contributed by atoms with Crippen molar-refractivity contribution < 1.29 is 19.8 Å². The second-order valence-electron chi connectivity index (χ2n) is 5.94. The molecular weight excluding hydrogens is 296 g/mol. The molecular formula is C17H26N2O4. The molecule has 1 saturated heterocycles. The molecule has 2 rings (SSSR count). The fourth-order valence-corrected chi connectivity index (χ4v) is 2.47. The first-order valence-corrected chi connectivity index (χ1v) is 7.78. The quantitative estimate of drug-likeness (QED) is 0.824. The van der Waals surface area contributed by atoms with Gasteiger partial charge in [-0.2, -0.15) is 0 Å². The molecule has 1 fully saturated rings. The minimum Gasteiger partial charge on any atom is -0.473 e. The second kappa shape index (κ2) is 9.27. The maximum Gasteiger partial charge on any atom is 0.414 e. The third kappa shape index (κ3) is 6.80. The zero-order valence-electron chi connectivity index (χ0n) is 14.0. The van der Waals surface area contributed by atoms with Crippen LogP contribution in [-0.4, -0.2) is 64.2 Å². The number of aliphatic carboxylic acids is 2. The van der Waals surface area contributed by atoms with E-state index in [1.165, 1.54) is 37.3 Å². The number of carboxylic acid groups (broad SMARTS) is 2. The maximum absolute atomic E-state index is 9.10. The Labute approximate surface area is 137 Å². The first-order chi connectivity index (χ1) is 10.8.